The van der Waals surface area contributed by atoms with Gasteiger partial charge in [0, 0.05) is 22.4 Å². The fraction of sp³-hybridized carbons (Fsp3) is 0.500. The number of nitrogens with zero attached hydrogens (tertiary/aromatic N) is 3. The summed E-state index contributed by atoms with van der Waals surface area (Å²) in [5.41, 5.74) is 1.20. The standard InChI is InChI=1S/C30H40BrN3O2/c1-2-3-4-5-6-7-8-9-10-11-12-13-16-26(27-21-25(31)18-19-28(27)35)30(36)24-22-33-34(23-24)29-17-14-15-20-32-29/h14-15,17-23,26,35H,2-13,16H2,1H3. The fourth-order valence-corrected chi connectivity index (χ4v) is 5.07. The van der Waals surface area contributed by atoms with E-state index < -0.39 is 5.92 Å². The third-order valence-corrected chi connectivity index (χ3v) is 7.27. The van der Waals surface area contributed by atoms with Crippen molar-refractivity contribution in [3.05, 3.63) is 70.6 Å². The summed E-state index contributed by atoms with van der Waals surface area (Å²) in [5, 5.41) is 14.9. The molecule has 5 nitrogen and oxygen atoms in total. The number of carbonyl (C=O) groups excluding carboxylic acids is 1. The first-order chi connectivity index (χ1) is 17.6. The molecule has 194 valence electrons. The first-order valence-corrected chi connectivity index (χ1v) is 14.4. The second-order valence-electron chi connectivity index (χ2n) is 9.66. The lowest BCUT2D eigenvalue weighted by Crippen LogP contribution is -2.13. The van der Waals surface area contributed by atoms with Gasteiger partial charge >= 0.3 is 0 Å². The normalized spacial score (nSPS) is 12.1. The number of benzene rings is 1. The molecule has 0 amide bonds. The molecule has 3 aromatic rings. The highest BCUT2D eigenvalue weighted by atomic mass is 79.9. The van der Waals surface area contributed by atoms with E-state index in [1.165, 1.54) is 64.2 Å². The first kappa shape index (κ1) is 28.1. The van der Waals surface area contributed by atoms with Crippen LogP contribution in [0.25, 0.3) is 5.82 Å². The van der Waals surface area contributed by atoms with E-state index in [-0.39, 0.29) is 11.5 Å². The van der Waals surface area contributed by atoms with Gasteiger partial charge in [0.25, 0.3) is 0 Å². The number of carbonyl (C=O) groups is 1. The van der Waals surface area contributed by atoms with E-state index in [1.807, 2.05) is 24.3 Å². The molecule has 0 aliphatic carbocycles. The van der Waals surface area contributed by atoms with Gasteiger partial charge in [-0.1, -0.05) is 106 Å². The molecule has 6 heteroatoms. The Morgan fingerprint density at radius 1 is 0.944 bits per heavy atom. The molecule has 2 aromatic heterocycles. The Morgan fingerprint density at radius 2 is 1.61 bits per heavy atom. The van der Waals surface area contributed by atoms with Crippen molar-refractivity contribution in [2.75, 3.05) is 0 Å². The van der Waals surface area contributed by atoms with Gasteiger partial charge in [0.1, 0.15) is 5.75 Å². The Balaban J connectivity index is 1.53. The number of halogens is 1. The monoisotopic (exact) mass is 553 g/mol. The number of ketones is 1. The molecule has 1 unspecified atom stereocenters. The average molecular weight is 555 g/mol. The highest BCUT2D eigenvalue weighted by Crippen LogP contribution is 2.35. The summed E-state index contributed by atoms with van der Waals surface area (Å²) in [6.07, 6.45) is 21.0. The Hall–Kier alpha value is -2.47. The number of rotatable bonds is 17. The van der Waals surface area contributed by atoms with Gasteiger partial charge < -0.3 is 5.11 Å². The Kier molecular flexibility index (Phi) is 12.2. The van der Waals surface area contributed by atoms with E-state index >= 15 is 0 Å². The maximum atomic E-state index is 13.6. The topological polar surface area (TPSA) is 68.0 Å². The Morgan fingerprint density at radius 3 is 2.25 bits per heavy atom. The lowest BCUT2D eigenvalue weighted by Gasteiger charge is -2.17. The lowest BCUT2D eigenvalue weighted by molar-refractivity contribution is 0.0952. The predicted molar refractivity (Wildman–Crippen MR) is 150 cm³/mol. The van der Waals surface area contributed by atoms with Crippen molar-refractivity contribution in [3.63, 3.8) is 0 Å². The van der Waals surface area contributed by atoms with Crippen molar-refractivity contribution in [2.45, 2.75) is 96.3 Å². The highest BCUT2D eigenvalue weighted by Gasteiger charge is 2.26. The molecule has 0 saturated carbocycles. The molecule has 0 bridgehead atoms. The molecule has 0 fully saturated rings. The van der Waals surface area contributed by atoms with Crippen LogP contribution in [0.4, 0.5) is 0 Å². The van der Waals surface area contributed by atoms with Crippen molar-refractivity contribution < 1.29 is 9.90 Å². The highest BCUT2D eigenvalue weighted by molar-refractivity contribution is 9.10. The molecule has 0 aliphatic heterocycles. The number of unbranched alkanes of at least 4 members (excludes halogenated alkanes) is 11. The van der Waals surface area contributed by atoms with Gasteiger partial charge in [-0.25, -0.2) is 9.67 Å². The number of Topliss-reactive ketones (excluding diaryl/α,β-unsaturated/α-hetero) is 1. The second-order valence-corrected chi connectivity index (χ2v) is 10.6. The van der Waals surface area contributed by atoms with Crippen molar-refractivity contribution in [1.82, 2.24) is 14.8 Å². The van der Waals surface area contributed by atoms with Gasteiger partial charge in [-0.05, 0) is 36.8 Å². The fourth-order valence-electron chi connectivity index (χ4n) is 4.69. The minimum atomic E-state index is -0.410. The molecular formula is C30H40BrN3O2. The van der Waals surface area contributed by atoms with Crippen LogP contribution in [0, 0.1) is 0 Å². The summed E-state index contributed by atoms with van der Waals surface area (Å²) < 4.78 is 2.47. The number of pyridine rings is 1. The Bertz CT molecular complexity index is 1050. The SMILES string of the molecule is CCCCCCCCCCCCCCC(C(=O)c1cnn(-c2ccccn2)c1)c1cc(Br)ccc1O. The van der Waals surface area contributed by atoms with E-state index in [0.717, 1.165) is 17.3 Å². The van der Waals surface area contributed by atoms with Crippen LogP contribution in [0.15, 0.2) is 59.5 Å². The molecule has 1 atom stereocenters. The van der Waals surface area contributed by atoms with Crippen molar-refractivity contribution in [2.24, 2.45) is 0 Å². The van der Waals surface area contributed by atoms with Crippen LogP contribution in [0.2, 0.25) is 0 Å². The zero-order valence-electron chi connectivity index (χ0n) is 21.5. The molecule has 2 heterocycles. The van der Waals surface area contributed by atoms with Crippen LogP contribution in [0.5, 0.6) is 5.75 Å². The minimum absolute atomic E-state index is 0.0198. The average Bonchev–Trinajstić information content (AvgIpc) is 3.39. The third kappa shape index (κ3) is 8.88. The summed E-state index contributed by atoms with van der Waals surface area (Å²) in [7, 11) is 0. The number of aromatic hydroxyl groups is 1. The number of hydrogen-bond acceptors (Lipinski definition) is 4. The van der Waals surface area contributed by atoms with Crippen LogP contribution in [0.3, 0.4) is 0 Å². The zero-order chi connectivity index (χ0) is 25.6. The summed E-state index contributed by atoms with van der Waals surface area (Å²) >= 11 is 3.50. The van der Waals surface area contributed by atoms with Crippen molar-refractivity contribution >= 4 is 21.7 Å². The van der Waals surface area contributed by atoms with Gasteiger partial charge in [-0.2, -0.15) is 5.10 Å². The molecule has 3 rings (SSSR count). The van der Waals surface area contributed by atoms with Gasteiger partial charge in [-0.15, -0.1) is 0 Å². The lowest BCUT2D eigenvalue weighted by atomic mass is 9.86. The largest absolute Gasteiger partial charge is 0.508 e. The number of aromatic nitrogens is 3. The Labute approximate surface area is 224 Å². The third-order valence-electron chi connectivity index (χ3n) is 6.78. The van der Waals surface area contributed by atoms with E-state index in [4.69, 9.17) is 0 Å². The summed E-state index contributed by atoms with van der Waals surface area (Å²) in [4.78, 5) is 17.9. The van der Waals surface area contributed by atoms with E-state index in [2.05, 4.69) is 32.9 Å². The van der Waals surface area contributed by atoms with Crippen LogP contribution in [-0.2, 0) is 0 Å². The predicted octanol–water partition coefficient (Wildman–Crippen LogP) is 8.79. The van der Waals surface area contributed by atoms with Gasteiger partial charge in [0.05, 0.1) is 17.7 Å². The molecule has 0 saturated heterocycles. The van der Waals surface area contributed by atoms with E-state index in [9.17, 15) is 9.90 Å². The number of phenols is 1. The smallest absolute Gasteiger partial charge is 0.173 e. The van der Waals surface area contributed by atoms with Gasteiger partial charge in [0.2, 0.25) is 0 Å². The molecule has 1 aromatic carbocycles. The van der Waals surface area contributed by atoms with Gasteiger partial charge in [0.15, 0.2) is 11.6 Å². The maximum Gasteiger partial charge on any atom is 0.173 e. The quantitative estimate of drug-likeness (QED) is 0.134. The number of hydrogen-bond donors (Lipinski definition) is 1. The summed E-state index contributed by atoms with van der Waals surface area (Å²) in [6, 6.07) is 10.9. The summed E-state index contributed by atoms with van der Waals surface area (Å²) in [6.45, 7) is 2.26. The van der Waals surface area contributed by atoms with E-state index in [0.29, 0.717) is 23.4 Å². The molecule has 0 spiro atoms. The van der Waals surface area contributed by atoms with E-state index in [1.54, 1.807) is 35.4 Å². The number of phenolic OH excluding ortho intramolecular Hbond substituents is 1. The first-order valence-electron chi connectivity index (χ1n) is 13.6. The van der Waals surface area contributed by atoms with Gasteiger partial charge in [-0.3, -0.25) is 4.79 Å². The van der Waals surface area contributed by atoms with Crippen LogP contribution in [0.1, 0.15) is 112 Å². The summed E-state index contributed by atoms with van der Waals surface area (Å²) in [5.74, 6) is 0.396. The molecule has 0 radical (unpaired) electrons. The molecular weight excluding hydrogens is 514 g/mol. The zero-order valence-corrected chi connectivity index (χ0v) is 23.1. The van der Waals surface area contributed by atoms with Crippen molar-refractivity contribution in [1.29, 1.82) is 0 Å². The van der Waals surface area contributed by atoms with Crippen LogP contribution >= 0.6 is 15.9 Å². The van der Waals surface area contributed by atoms with Crippen LogP contribution < -0.4 is 0 Å². The molecule has 36 heavy (non-hydrogen) atoms. The maximum absolute atomic E-state index is 13.6. The second kappa shape index (κ2) is 15.6. The van der Waals surface area contributed by atoms with Crippen molar-refractivity contribution in [3.8, 4) is 11.6 Å². The molecule has 0 aliphatic rings. The minimum Gasteiger partial charge on any atom is -0.508 e. The molecule has 1 N–H and O–H groups in total. The van der Waals surface area contributed by atoms with Crippen LogP contribution in [-0.4, -0.2) is 25.7 Å².